The van der Waals surface area contributed by atoms with Gasteiger partial charge in [0.2, 0.25) is 5.91 Å². The summed E-state index contributed by atoms with van der Waals surface area (Å²) in [5.74, 6) is 0.0616. The minimum atomic E-state index is -0.271. The Morgan fingerprint density at radius 2 is 1.70 bits per heavy atom. The summed E-state index contributed by atoms with van der Waals surface area (Å²) in [5.41, 5.74) is 1.19. The van der Waals surface area contributed by atoms with Crippen LogP contribution in [0.4, 0.5) is 10.1 Å². The molecule has 0 saturated heterocycles. The van der Waals surface area contributed by atoms with E-state index in [1.54, 1.807) is 43.4 Å². The van der Waals surface area contributed by atoms with Crippen LogP contribution in [0.5, 0.6) is 0 Å². The number of hydrogen-bond donors (Lipinski definition) is 2. The smallest absolute Gasteiger partial charge is 0.251 e. The van der Waals surface area contributed by atoms with Crippen molar-refractivity contribution >= 4 is 29.3 Å². The highest BCUT2D eigenvalue weighted by atomic mass is 32.2. The highest BCUT2D eigenvalue weighted by Crippen LogP contribution is 2.19. The molecular weight excluding hydrogens is 315 g/mol. The second-order valence-electron chi connectivity index (χ2n) is 4.76. The van der Waals surface area contributed by atoms with Crippen molar-refractivity contribution in [3.63, 3.8) is 0 Å². The molecule has 0 aliphatic heterocycles. The van der Waals surface area contributed by atoms with E-state index in [1.165, 1.54) is 23.9 Å². The Labute approximate surface area is 138 Å². The Morgan fingerprint density at radius 3 is 2.30 bits per heavy atom. The van der Waals surface area contributed by atoms with Gasteiger partial charge in [-0.2, -0.15) is 0 Å². The Balaban J connectivity index is 1.78. The van der Waals surface area contributed by atoms with Crippen LogP contribution in [-0.4, -0.2) is 24.6 Å². The number of thioether (sulfide) groups is 1. The summed E-state index contributed by atoms with van der Waals surface area (Å²) in [6.45, 7) is 0. The quantitative estimate of drug-likeness (QED) is 0.798. The fraction of sp³-hybridized carbons (Fsp3) is 0.176. The van der Waals surface area contributed by atoms with Crippen LogP contribution in [0, 0.1) is 5.82 Å². The molecule has 0 fully saturated rings. The van der Waals surface area contributed by atoms with Gasteiger partial charge in [0, 0.05) is 35.4 Å². The zero-order valence-corrected chi connectivity index (χ0v) is 13.5. The summed E-state index contributed by atoms with van der Waals surface area (Å²) < 4.78 is 12.8. The van der Waals surface area contributed by atoms with E-state index in [1.807, 2.05) is 0 Å². The molecule has 2 rings (SSSR count). The highest BCUT2D eigenvalue weighted by Gasteiger charge is 2.05. The summed E-state index contributed by atoms with van der Waals surface area (Å²) in [4.78, 5) is 24.2. The lowest BCUT2D eigenvalue weighted by molar-refractivity contribution is -0.115. The molecule has 4 nitrogen and oxygen atoms in total. The molecule has 0 unspecified atom stereocenters. The van der Waals surface area contributed by atoms with Crippen molar-refractivity contribution in [3.8, 4) is 0 Å². The van der Waals surface area contributed by atoms with Gasteiger partial charge in [0.25, 0.3) is 5.91 Å². The van der Waals surface area contributed by atoms with Crippen LogP contribution >= 0.6 is 11.8 Å². The zero-order valence-electron chi connectivity index (χ0n) is 12.6. The van der Waals surface area contributed by atoms with Gasteiger partial charge in [-0.05, 0) is 48.5 Å². The number of carbonyl (C=O) groups excluding carboxylic acids is 2. The maximum Gasteiger partial charge on any atom is 0.251 e. The standard InChI is InChI=1S/C17H17FN2O2S/c1-19-17(22)12-2-6-14(7-3-12)20-16(21)10-11-23-15-8-4-13(18)5-9-15/h2-9H,10-11H2,1H3,(H,19,22)(H,20,21). The van der Waals surface area contributed by atoms with E-state index in [9.17, 15) is 14.0 Å². The van der Waals surface area contributed by atoms with Crippen LogP contribution in [0.2, 0.25) is 0 Å². The van der Waals surface area contributed by atoms with Crippen molar-refractivity contribution in [2.75, 3.05) is 18.1 Å². The fourth-order valence-electron chi connectivity index (χ4n) is 1.87. The minimum absolute atomic E-state index is 0.104. The fourth-order valence-corrected chi connectivity index (χ4v) is 2.72. The van der Waals surface area contributed by atoms with Crippen LogP contribution in [-0.2, 0) is 4.79 Å². The van der Waals surface area contributed by atoms with Gasteiger partial charge >= 0.3 is 0 Å². The number of carbonyl (C=O) groups is 2. The first-order chi connectivity index (χ1) is 11.1. The van der Waals surface area contributed by atoms with E-state index in [2.05, 4.69) is 10.6 Å². The van der Waals surface area contributed by atoms with Gasteiger partial charge in [0.1, 0.15) is 5.82 Å². The number of benzene rings is 2. The maximum atomic E-state index is 12.8. The van der Waals surface area contributed by atoms with Crippen molar-refractivity contribution in [2.24, 2.45) is 0 Å². The topological polar surface area (TPSA) is 58.2 Å². The van der Waals surface area contributed by atoms with Gasteiger partial charge in [-0.15, -0.1) is 11.8 Å². The van der Waals surface area contributed by atoms with Crippen LogP contribution in [0.25, 0.3) is 0 Å². The Kier molecular flexibility index (Phi) is 6.17. The van der Waals surface area contributed by atoms with Crippen molar-refractivity contribution in [1.29, 1.82) is 0 Å². The molecule has 0 saturated carbocycles. The zero-order chi connectivity index (χ0) is 16.7. The normalized spacial score (nSPS) is 10.2. The molecule has 0 aliphatic rings. The number of nitrogens with one attached hydrogen (secondary N) is 2. The predicted octanol–water partition coefficient (Wildman–Crippen LogP) is 3.31. The molecule has 0 atom stereocenters. The minimum Gasteiger partial charge on any atom is -0.355 e. The number of anilines is 1. The monoisotopic (exact) mass is 332 g/mol. The van der Waals surface area contributed by atoms with Gasteiger partial charge in [-0.25, -0.2) is 4.39 Å². The highest BCUT2D eigenvalue weighted by molar-refractivity contribution is 7.99. The Hall–Kier alpha value is -2.34. The average Bonchev–Trinajstić information content (AvgIpc) is 2.56. The molecule has 0 spiro atoms. The van der Waals surface area contributed by atoms with Gasteiger partial charge in [-0.3, -0.25) is 9.59 Å². The van der Waals surface area contributed by atoms with Crippen LogP contribution in [0.15, 0.2) is 53.4 Å². The van der Waals surface area contributed by atoms with E-state index in [0.717, 1.165) is 4.90 Å². The third-order valence-corrected chi connectivity index (χ3v) is 4.08. The van der Waals surface area contributed by atoms with Gasteiger partial charge in [0.15, 0.2) is 0 Å². The molecule has 2 aromatic carbocycles. The summed E-state index contributed by atoms with van der Waals surface area (Å²) in [5, 5.41) is 5.31. The molecule has 120 valence electrons. The summed E-state index contributed by atoms with van der Waals surface area (Å²) >= 11 is 1.50. The average molecular weight is 332 g/mol. The molecule has 23 heavy (non-hydrogen) atoms. The molecule has 2 amide bonds. The van der Waals surface area contributed by atoms with Crippen molar-refractivity contribution in [3.05, 3.63) is 59.9 Å². The third kappa shape index (κ3) is 5.41. The Bertz CT molecular complexity index is 672. The lowest BCUT2D eigenvalue weighted by Gasteiger charge is -2.06. The maximum absolute atomic E-state index is 12.8. The Morgan fingerprint density at radius 1 is 1.04 bits per heavy atom. The molecule has 0 heterocycles. The largest absolute Gasteiger partial charge is 0.355 e. The van der Waals surface area contributed by atoms with E-state index < -0.39 is 0 Å². The molecule has 0 aromatic heterocycles. The first-order valence-corrected chi connectivity index (χ1v) is 8.07. The molecule has 2 aromatic rings. The SMILES string of the molecule is CNC(=O)c1ccc(NC(=O)CCSc2ccc(F)cc2)cc1. The summed E-state index contributed by atoms with van der Waals surface area (Å²) in [7, 11) is 1.57. The first kappa shape index (κ1) is 17.0. The number of amides is 2. The second kappa shape index (κ2) is 8.33. The van der Waals surface area contributed by atoms with E-state index in [4.69, 9.17) is 0 Å². The van der Waals surface area contributed by atoms with Gasteiger partial charge < -0.3 is 10.6 Å². The lowest BCUT2D eigenvalue weighted by Crippen LogP contribution is -2.18. The molecule has 0 aliphatic carbocycles. The number of halogens is 1. The molecular formula is C17H17FN2O2S. The molecule has 0 bridgehead atoms. The molecule has 6 heteroatoms. The molecule has 2 N–H and O–H groups in total. The van der Waals surface area contributed by atoms with Crippen molar-refractivity contribution < 1.29 is 14.0 Å². The van der Waals surface area contributed by atoms with E-state index in [-0.39, 0.29) is 17.6 Å². The van der Waals surface area contributed by atoms with E-state index in [0.29, 0.717) is 23.4 Å². The van der Waals surface area contributed by atoms with Gasteiger partial charge in [-0.1, -0.05) is 0 Å². The molecule has 0 radical (unpaired) electrons. The van der Waals surface area contributed by atoms with Crippen LogP contribution in [0.3, 0.4) is 0 Å². The van der Waals surface area contributed by atoms with E-state index >= 15 is 0 Å². The third-order valence-electron chi connectivity index (χ3n) is 3.07. The summed E-state index contributed by atoms with van der Waals surface area (Å²) in [6.07, 6.45) is 0.346. The van der Waals surface area contributed by atoms with Crippen molar-refractivity contribution in [2.45, 2.75) is 11.3 Å². The number of rotatable bonds is 6. The van der Waals surface area contributed by atoms with Crippen molar-refractivity contribution in [1.82, 2.24) is 5.32 Å². The predicted molar refractivity (Wildman–Crippen MR) is 90.2 cm³/mol. The summed E-state index contributed by atoms with van der Waals surface area (Å²) in [6, 6.07) is 12.9. The second-order valence-corrected chi connectivity index (χ2v) is 5.93. The van der Waals surface area contributed by atoms with Crippen LogP contribution in [0.1, 0.15) is 16.8 Å². The van der Waals surface area contributed by atoms with Gasteiger partial charge in [0.05, 0.1) is 0 Å². The van der Waals surface area contributed by atoms with Crippen LogP contribution < -0.4 is 10.6 Å². The number of hydrogen-bond acceptors (Lipinski definition) is 3. The lowest BCUT2D eigenvalue weighted by atomic mass is 10.2. The first-order valence-electron chi connectivity index (χ1n) is 7.09.